The van der Waals surface area contributed by atoms with Gasteiger partial charge in [-0.1, -0.05) is 17.7 Å². The van der Waals surface area contributed by atoms with Crippen molar-refractivity contribution in [3.8, 4) is 6.07 Å². The Morgan fingerprint density at radius 3 is 2.69 bits per heavy atom. The molecule has 68 valence electrons. The van der Waals surface area contributed by atoms with Gasteiger partial charge >= 0.3 is 0 Å². The van der Waals surface area contributed by atoms with Crippen LogP contribution in [0.1, 0.15) is 19.4 Å². The summed E-state index contributed by atoms with van der Waals surface area (Å²) < 4.78 is 0. The number of nitrogens with zero attached hydrogens (tertiary/aromatic N) is 1. The van der Waals surface area contributed by atoms with Gasteiger partial charge in [0.25, 0.3) is 0 Å². The summed E-state index contributed by atoms with van der Waals surface area (Å²) in [7, 11) is 0. The van der Waals surface area contributed by atoms with E-state index in [0.29, 0.717) is 16.6 Å². The molecule has 0 heterocycles. The minimum Gasteiger partial charge on any atom is -0.382 e. The lowest BCUT2D eigenvalue weighted by molar-refractivity contribution is 0.899. The Bertz CT molecular complexity index is 339. The zero-order valence-electron chi connectivity index (χ0n) is 7.63. The second-order valence-corrected chi connectivity index (χ2v) is 3.48. The third-order valence-corrected chi connectivity index (χ3v) is 1.88. The van der Waals surface area contributed by atoms with Crippen molar-refractivity contribution in [1.29, 1.82) is 5.26 Å². The van der Waals surface area contributed by atoms with Crippen molar-refractivity contribution in [2.45, 2.75) is 19.9 Å². The van der Waals surface area contributed by atoms with Crippen LogP contribution in [0.4, 0.5) is 5.69 Å². The number of nitriles is 1. The zero-order chi connectivity index (χ0) is 9.84. The number of nitrogens with one attached hydrogen (secondary N) is 1. The maximum absolute atomic E-state index is 8.84. The Morgan fingerprint density at radius 1 is 1.46 bits per heavy atom. The molecule has 0 aliphatic rings. The van der Waals surface area contributed by atoms with Gasteiger partial charge in [-0.25, -0.2) is 0 Å². The van der Waals surface area contributed by atoms with E-state index < -0.39 is 0 Å². The largest absolute Gasteiger partial charge is 0.382 e. The molecule has 0 radical (unpaired) electrons. The van der Waals surface area contributed by atoms with E-state index in [1.54, 1.807) is 6.07 Å². The molecular formula is C10H11ClN2. The Hall–Kier alpha value is -1.20. The lowest BCUT2D eigenvalue weighted by Gasteiger charge is -2.11. The lowest BCUT2D eigenvalue weighted by atomic mass is 10.2. The van der Waals surface area contributed by atoms with Gasteiger partial charge in [0, 0.05) is 6.04 Å². The molecule has 0 spiro atoms. The summed E-state index contributed by atoms with van der Waals surface area (Å²) in [4.78, 5) is 0. The first-order valence-electron chi connectivity index (χ1n) is 4.10. The van der Waals surface area contributed by atoms with E-state index in [0.717, 1.165) is 5.69 Å². The van der Waals surface area contributed by atoms with Crippen LogP contribution in [0.3, 0.4) is 0 Å². The summed E-state index contributed by atoms with van der Waals surface area (Å²) in [5.74, 6) is 0. The molecule has 0 bridgehead atoms. The van der Waals surface area contributed by atoms with Gasteiger partial charge in [0.2, 0.25) is 0 Å². The first kappa shape index (κ1) is 9.88. The minimum absolute atomic E-state index is 0.297. The molecule has 0 fully saturated rings. The van der Waals surface area contributed by atoms with Gasteiger partial charge in [-0.3, -0.25) is 0 Å². The van der Waals surface area contributed by atoms with Crippen LogP contribution in [0.15, 0.2) is 18.2 Å². The Kier molecular flexibility index (Phi) is 3.16. The first-order chi connectivity index (χ1) is 6.15. The van der Waals surface area contributed by atoms with Gasteiger partial charge in [0.15, 0.2) is 0 Å². The maximum atomic E-state index is 8.84. The fourth-order valence-corrected chi connectivity index (χ4v) is 1.29. The summed E-state index contributed by atoms with van der Waals surface area (Å²) in [5.41, 5.74) is 1.31. The number of benzene rings is 1. The number of hydrogen-bond donors (Lipinski definition) is 1. The second kappa shape index (κ2) is 4.15. The van der Waals surface area contributed by atoms with Crippen LogP contribution in [0.5, 0.6) is 0 Å². The molecule has 0 saturated carbocycles. The zero-order valence-corrected chi connectivity index (χ0v) is 8.39. The number of anilines is 1. The predicted octanol–water partition coefficient (Wildman–Crippen LogP) is 3.03. The lowest BCUT2D eigenvalue weighted by Crippen LogP contribution is -2.10. The highest BCUT2D eigenvalue weighted by Gasteiger charge is 2.05. The predicted molar refractivity (Wildman–Crippen MR) is 54.9 cm³/mol. The van der Waals surface area contributed by atoms with Crippen LogP contribution < -0.4 is 5.32 Å². The highest BCUT2D eigenvalue weighted by atomic mass is 35.5. The molecule has 0 aromatic heterocycles. The summed E-state index contributed by atoms with van der Waals surface area (Å²) >= 11 is 5.85. The monoisotopic (exact) mass is 194 g/mol. The molecule has 1 aromatic rings. The van der Waals surface area contributed by atoms with Crippen molar-refractivity contribution in [2.24, 2.45) is 0 Å². The van der Waals surface area contributed by atoms with Crippen molar-refractivity contribution in [1.82, 2.24) is 0 Å². The van der Waals surface area contributed by atoms with E-state index in [-0.39, 0.29) is 0 Å². The second-order valence-electron chi connectivity index (χ2n) is 3.07. The normalized spacial score (nSPS) is 9.77. The van der Waals surface area contributed by atoms with E-state index in [9.17, 15) is 0 Å². The van der Waals surface area contributed by atoms with Crippen molar-refractivity contribution in [3.05, 3.63) is 28.8 Å². The Labute approximate surface area is 83.1 Å². The van der Waals surface area contributed by atoms with Crippen molar-refractivity contribution in [2.75, 3.05) is 5.32 Å². The van der Waals surface area contributed by atoms with Crippen LogP contribution in [0, 0.1) is 11.3 Å². The highest BCUT2D eigenvalue weighted by Crippen LogP contribution is 2.23. The molecule has 0 unspecified atom stereocenters. The standard InChI is InChI=1S/C10H11ClN2/c1-7(2)13-10-5-3-4-9(11)8(10)6-12/h3-5,7,13H,1-2H3. The summed E-state index contributed by atoms with van der Waals surface area (Å²) in [6, 6.07) is 7.76. The fraction of sp³-hybridized carbons (Fsp3) is 0.300. The number of rotatable bonds is 2. The average Bonchev–Trinajstić information content (AvgIpc) is 2.03. The van der Waals surface area contributed by atoms with E-state index in [1.807, 2.05) is 26.0 Å². The van der Waals surface area contributed by atoms with Gasteiger partial charge in [-0.2, -0.15) is 5.26 Å². The third-order valence-electron chi connectivity index (χ3n) is 1.57. The molecule has 13 heavy (non-hydrogen) atoms. The van der Waals surface area contributed by atoms with Crippen molar-refractivity contribution < 1.29 is 0 Å². The Morgan fingerprint density at radius 2 is 2.15 bits per heavy atom. The smallest absolute Gasteiger partial charge is 0.103 e. The fourth-order valence-electron chi connectivity index (χ4n) is 1.07. The van der Waals surface area contributed by atoms with Crippen LogP contribution in [0.2, 0.25) is 5.02 Å². The van der Waals surface area contributed by atoms with E-state index in [1.165, 1.54) is 0 Å². The molecule has 0 saturated heterocycles. The molecule has 0 atom stereocenters. The van der Waals surface area contributed by atoms with Gasteiger partial charge in [0.1, 0.15) is 6.07 Å². The minimum atomic E-state index is 0.297. The number of halogens is 1. The molecular weight excluding hydrogens is 184 g/mol. The van der Waals surface area contributed by atoms with Crippen molar-refractivity contribution >= 4 is 17.3 Å². The first-order valence-corrected chi connectivity index (χ1v) is 4.48. The average molecular weight is 195 g/mol. The van der Waals surface area contributed by atoms with Gasteiger partial charge in [-0.15, -0.1) is 0 Å². The van der Waals surface area contributed by atoms with E-state index in [2.05, 4.69) is 11.4 Å². The summed E-state index contributed by atoms with van der Waals surface area (Å²) in [6.45, 7) is 4.03. The van der Waals surface area contributed by atoms with Crippen molar-refractivity contribution in [3.63, 3.8) is 0 Å². The van der Waals surface area contributed by atoms with Crippen LogP contribution in [-0.4, -0.2) is 6.04 Å². The highest BCUT2D eigenvalue weighted by molar-refractivity contribution is 6.32. The van der Waals surface area contributed by atoms with E-state index in [4.69, 9.17) is 16.9 Å². The molecule has 0 amide bonds. The number of hydrogen-bond acceptors (Lipinski definition) is 2. The molecule has 1 rings (SSSR count). The van der Waals surface area contributed by atoms with Crippen LogP contribution >= 0.6 is 11.6 Å². The Balaban J connectivity index is 3.07. The van der Waals surface area contributed by atoms with Crippen LogP contribution in [0.25, 0.3) is 0 Å². The topological polar surface area (TPSA) is 35.8 Å². The summed E-state index contributed by atoms with van der Waals surface area (Å²) in [5, 5.41) is 12.5. The molecule has 0 aliphatic heterocycles. The van der Waals surface area contributed by atoms with Crippen LogP contribution in [-0.2, 0) is 0 Å². The molecule has 1 aromatic carbocycles. The third kappa shape index (κ3) is 2.37. The molecule has 1 N–H and O–H groups in total. The maximum Gasteiger partial charge on any atom is 0.103 e. The summed E-state index contributed by atoms with van der Waals surface area (Å²) in [6.07, 6.45) is 0. The molecule has 3 heteroatoms. The van der Waals surface area contributed by atoms with Gasteiger partial charge in [-0.05, 0) is 26.0 Å². The quantitative estimate of drug-likeness (QED) is 0.786. The molecule has 0 aliphatic carbocycles. The van der Waals surface area contributed by atoms with Gasteiger partial charge in [0.05, 0.1) is 16.3 Å². The SMILES string of the molecule is CC(C)Nc1cccc(Cl)c1C#N. The molecule has 2 nitrogen and oxygen atoms in total. The van der Waals surface area contributed by atoms with E-state index >= 15 is 0 Å². The van der Waals surface area contributed by atoms with Gasteiger partial charge < -0.3 is 5.32 Å².